The van der Waals surface area contributed by atoms with Gasteiger partial charge >= 0.3 is 0 Å². The van der Waals surface area contributed by atoms with Crippen molar-refractivity contribution in [3.8, 4) is 0 Å². The van der Waals surface area contributed by atoms with Crippen LogP contribution >= 0.6 is 0 Å². The minimum Gasteiger partial charge on any atom is -0.394 e. The van der Waals surface area contributed by atoms with E-state index in [1.165, 1.54) is 10.9 Å². The SMILES string of the molecule is CC(CCn1ncc(N)c1N)CS(=O)(=O)O. The summed E-state index contributed by atoms with van der Waals surface area (Å²) >= 11 is 0. The van der Waals surface area contributed by atoms with E-state index in [9.17, 15) is 8.42 Å². The topological polar surface area (TPSA) is 124 Å². The highest BCUT2D eigenvalue weighted by atomic mass is 32.2. The monoisotopic (exact) mass is 248 g/mol. The third kappa shape index (κ3) is 3.70. The lowest BCUT2D eigenvalue weighted by molar-refractivity contribution is 0.447. The molecule has 1 aromatic heterocycles. The van der Waals surface area contributed by atoms with Gasteiger partial charge in [0.1, 0.15) is 5.82 Å². The number of aryl methyl sites for hydroxylation is 1. The Kier molecular flexibility index (Phi) is 3.76. The van der Waals surface area contributed by atoms with E-state index in [1.807, 2.05) is 0 Å². The molecule has 0 saturated heterocycles. The van der Waals surface area contributed by atoms with Gasteiger partial charge in [-0.1, -0.05) is 6.92 Å². The van der Waals surface area contributed by atoms with Crippen LogP contribution in [-0.4, -0.2) is 28.5 Å². The Hall–Kier alpha value is -1.28. The summed E-state index contributed by atoms with van der Waals surface area (Å²) in [7, 11) is -3.92. The van der Waals surface area contributed by atoms with Crippen molar-refractivity contribution in [1.29, 1.82) is 0 Å². The molecule has 0 bridgehead atoms. The first-order chi connectivity index (χ1) is 7.29. The van der Waals surface area contributed by atoms with Crippen LogP contribution in [0, 0.1) is 5.92 Å². The lowest BCUT2D eigenvalue weighted by Crippen LogP contribution is -2.15. The predicted molar refractivity (Wildman–Crippen MR) is 61.2 cm³/mol. The van der Waals surface area contributed by atoms with Gasteiger partial charge in [0.25, 0.3) is 10.1 Å². The molecule has 0 saturated carbocycles. The van der Waals surface area contributed by atoms with Crippen LogP contribution < -0.4 is 11.5 Å². The predicted octanol–water partition coefficient (Wildman–Crippen LogP) is -0.0385. The Morgan fingerprint density at radius 1 is 1.56 bits per heavy atom. The molecular formula is C8H16N4O3S. The van der Waals surface area contributed by atoms with Crippen molar-refractivity contribution in [1.82, 2.24) is 9.78 Å². The molecule has 7 nitrogen and oxygen atoms in total. The van der Waals surface area contributed by atoms with Crippen LogP contribution in [0.5, 0.6) is 0 Å². The van der Waals surface area contributed by atoms with Gasteiger partial charge in [-0.15, -0.1) is 0 Å². The molecule has 16 heavy (non-hydrogen) atoms. The molecule has 0 aliphatic rings. The minimum absolute atomic E-state index is 0.167. The van der Waals surface area contributed by atoms with Crippen LogP contribution in [-0.2, 0) is 16.7 Å². The lowest BCUT2D eigenvalue weighted by atomic mass is 10.1. The first-order valence-electron chi connectivity index (χ1n) is 4.81. The number of rotatable bonds is 5. The summed E-state index contributed by atoms with van der Waals surface area (Å²) in [4.78, 5) is 0. The normalized spacial score (nSPS) is 13.9. The van der Waals surface area contributed by atoms with E-state index in [0.29, 0.717) is 24.5 Å². The molecule has 0 spiro atoms. The minimum atomic E-state index is -3.92. The van der Waals surface area contributed by atoms with Gasteiger partial charge in [0.2, 0.25) is 0 Å². The van der Waals surface area contributed by atoms with Gasteiger partial charge in [-0.3, -0.25) is 4.55 Å². The first-order valence-corrected chi connectivity index (χ1v) is 6.42. The van der Waals surface area contributed by atoms with Crippen LogP contribution in [0.1, 0.15) is 13.3 Å². The smallest absolute Gasteiger partial charge is 0.265 e. The van der Waals surface area contributed by atoms with Crippen molar-refractivity contribution >= 4 is 21.6 Å². The molecule has 0 radical (unpaired) electrons. The molecule has 1 unspecified atom stereocenters. The molecule has 1 aromatic rings. The van der Waals surface area contributed by atoms with Gasteiger partial charge in [0.15, 0.2) is 0 Å². The highest BCUT2D eigenvalue weighted by molar-refractivity contribution is 7.85. The molecular weight excluding hydrogens is 232 g/mol. The summed E-state index contributed by atoms with van der Waals surface area (Å²) in [5, 5.41) is 3.94. The molecule has 0 aromatic carbocycles. The average Bonchev–Trinajstić information content (AvgIpc) is 2.42. The number of nitrogens with two attached hydrogens (primary N) is 2. The fraction of sp³-hybridized carbons (Fsp3) is 0.625. The molecule has 1 atom stereocenters. The molecule has 5 N–H and O–H groups in total. The Morgan fingerprint density at radius 2 is 2.19 bits per heavy atom. The summed E-state index contributed by atoms with van der Waals surface area (Å²) in [5.41, 5.74) is 11.5. The van der Waals surface area contributed by atoms with Gasteiger partial charge in [-0.2, -0.15) is 13.5 Å². The maximum atomic E-state index is 10.6. The summed E-state index contributed by atoms with van der Waals surface area (Å²) < 4.78 is 31.4. The molecule has 1 rings (SSSR count). The second kappa shape index (κ2) is 4.71. The van der Waals surface area contributed by atoms with E-state index in [2.05, 4.69) is 5.10 Å². The summed E-state index contributed by atoms with van der Waals surface area (Å²) in [6.45, 7) is 2.20. The van der Waals surface area contributed by atoms with Crippen molar-refractivity contribution in [2.75, 3.05) is 17.2 Å². The van der Waals surface area contributed by atoms with Crippen LogP contribution in [0.3, 0.4) is 0 Å². The van der Waals surface area contributed by atoms with Gasteiger partial charge in [-0.25, -0.2) is 4.68 Å². The Morgan fingerprint density at radius 3 is 2.62 bits per heavy atom. The van der Waals surface area contributed by atoms with Gasteiger partial charge in [0, 0.05) is 6.54 Å². The van der Waals surface area contributed by atoms with E-state index in [1.54, 1.807) is 6.92 Å². The van der Waals surface area contributed by atoms with E-state index < -0.39 is 10.1 Å². The molecule has 0 aliphatic heterocycles. The zero-order valence-corrected chi connectivity index (χ0v) is 9.81. The van der Waals surface area contributed by atoms with Crippen LogP contribution in [0.25, 0.3) is 0 Å². The number of hydrogen-bond acceptors (Lipinski definition) is 5. The Labute approximate surface area is 94.2 Å². The second-order valence-electron chi connectivity index (χ2n) is 3.85. The molecule has 0 aliphatic carbocycles. The molecule has 8 heteroatoms. The number of aromatic nitrogens is 2. The highest BCUT2D eigenvalue weighted by Gasteiger charge is 2.13. The molecule has 0 amide bonds. The number of nitrogen functional groups attached to an aromatic ring is 2. The summed E-state index contributed by atoms with van der Waals surface area (Å²) in [6.07, 6.45) is 1.99. The fourth-order valence-corrected chi connectivity index (χ4v) is 2.26. The van der Waals surface area contributed by atoms with Crippen molar-refractivity contribution in [2.45, 2.75) is 19.9 Å². The Balaban J connectivity index is 2.49. The maximum absolute atomic E-state index is 10.6. The third-order valence-corrected chi connectivity index (χ3v) is 3.23. The molecule has 0 fully saturated rings. The average molecular weight is 248 g/mol. The first kappa shape index (κ1) is 12.8. The summed E-state index contributed by atoms with van der Waals surface area (Å²) in [6, 6.07) is 0. The summed E-state index contributed by atoms with van der Waals surface area (Å²) in [5.74, 6) is -0.0530. The third-order valence-electron chi connectivity index (χ3n) is 2.24. The van der Waals surface area contributed by atoms with E-state index in [4.69, 9.17) is 16.0 Å². The molecule has 92 valence electrons. The second-order valence-corrected chi connectivity index (χ2v) is 5.35. The van der Waals surface area contributed by atoms with Crippen molar-refractivity contribution < 1.29 is 13.0 Å². The van der Waals surface area contributed by atoms with Crippen molar-refractivity contribution in [2.24, 2.45) is 5.92 Å². The lowest BCUT2D eigenvalue weighted by Gasteiger charge is -2.10. The van der Waals surface area contributed by atoms with Crippen LogP contribution in [0.15, 0.2) is 6.20 Å². The quantitative estimate of drug-likeness (QED) is 0.628. The van der Waals surface area contributed by atoms with E-state index in [-0.39, 0.29) is 11.7 Å². The van der Waals surface area contributed by atoms with Crippen LogP contribution in [0.4, 0.5) is 11.5 Å². The fourth-order valence-electron chi connectivity index (χ4n) is 1.37. The van der Waals surface area contributed by atoms with E-state index >= 15 is 0 Å². The number of hydrogen-bond donors (Lipinski definition) is 3. The van der Waals surface area contributed by atoms with Gasteiger partial charge < -0.3 is 11.5 Å². The number of anilines is 2. The largest absolute Gasteiger partial charge is 0.394 e. The molecule has 1 heterocycles. The number of nitrogens with zero attached hydrogens (tertiary/aromatic N) is 2. The van der Waals surface area contributed by atoms with Crippen molar-refractivity contribution in [3.63, 3.8) is 0 Å². The zero-order valence-electron chi connectivity index (χ0n) is 9.00. The van der Waals surface area contributed by atoms with Gasteiger partial charge in [-0.05, 0) is 12.3 Å². The highest BCUT2D eigenvalue weighted by Crippen LogP contribution is 2.14. The maximum Gasteiger partial charge on any atom is 0.265 e. The Bertz CT molecular complexity index is 454. The van der Waals surface area contributed by atoms with Gasteiger partial charge in [0.05, 0.1) is 17.6 Å². The van der Waals surface area contributed by atoms with E-state index in [0.717, 1.165) is 0 Å². The standard InChI is InChI=1S/C8H16N4O3S/c1-6(5-16(13,14)15)2-3-12-8(10)7(9)4-11-12/h4,6H,2-3,5,9-10H2,1H3,(H,13,14,15). The zero-order chi connectivity index (χ0) is 12.3. The van der Waals surface area contributed by atoms with Crippen LogP contribution in [0.2, 0.25) is 0 Å². The van der Waals surface area contributed by atoms with Crippen molar-refractivity contribution in [3.05, 3.63) is 6.20 Å².